The first-order chi connectivity index (χ1) is 26.0. The summed E-state index contributed by atoms with van der Waals surface area (Å²) in [5.74, 6) is 0. The first-order valence-electron chi connectivity index (χ1n) is 18.3. The van der Waals surface area contributed by atoms with Crippen molar-refractivity contribution in [3.63, 3.8) is 0 Å². The predicted molar refractivity (Wildman–Crippen MR) is 222 cm³/mol. The molecule has 0 spiro atoms. The summed E-state index contributed by atoms with van der Waals surface area (Å²) in [6.07, 6.45) is 0. The van der Waals surface area contributed by atoms with Gasteiger partial charge in [-0.2, -0.15) is 0 Å². The van der Waals surface area contributed by atoms with E-state index >= 15 is 0 Å². The molecule has 0 radical (unpaired) electrons. The van der Waals surface area contributed by atoms with Crippen LogP contribution in [0.3, 0.4) is 0 Å². The van der Waals surface area contributed by atoms with Crippen LogP contribution in [0.15, 0.2) is 192 Å². The van der Waals surface area contributed by atoms with E-state index in [1.165, 1.54) is 50.1 Å². The van der Waals surface area contributed by atoms with Gasteiger partial charge in [-0.05, 0) is 110 Å². The van der Waals surface area contributed by atoms with E-state index in [-0.39, 0.29) is 5.41 Å². The Balaban J connectivity index is 1.05. The van der Waals surface area contributed by atoms with E-state index in [2.05, 4.69) is 195 Å². The topological polar surface area (TPSA) is 16.4 Å². The number of fused-ring (bicyclic) bond motifs is 6. The van der Waals surface area contributed by atoms with Crippen molar-refractivity contribution in [2.24, 2.45) is 0 Å². The zero-order valence-electron chi connectivity index (χ0n) is 29.8. The molecule has 1 aliphatic rings. The van der Waals surface area contributed by atoms with Gasteiger partial charge in [0.25, 0.3) is 0 Å². The summed E-state index contributed by atoms with van der Waals surface area (Å²) >= 11 is 0. The number of benzene rings is 8. The fourth-order valence-corrected chi connectivity index (χ4v) is 8.39. The van der Waals surface area contributed by atoms with E-state index in [4.69, 9.17) is 4.42 Å². The summed E-state index contributed by atoms with van der Waals surface area (Å²) < 4.78 is 6.22. The molecule has 0 N–H and O–H groups in total. The molecule has 1 aromatic heterocycles. The minimum Gasteiger partial charge on any atom is -0.456 e. The molecule has 0 aliphatic heterocycles. The lowest BCUT2D eigenvalue weighted by Crippen LogP contribution is -2.14. The van der Waals surface area contributed by atoms with Crippen molar-refractivity contribution in [2.75, 3.05) is 4.90 Å². The van der Waals surface area contributed by atoms with Gasteiger partial charge >= 0.3 is 0 Å². The maximum Gasteiger partial charge on any atom is 0.136 e. The Labute approximate surface area is 310 Å². The highest BCUT2D eigenvalue weighted by Crippen LogP contribution is 2.49. The van der Waals surface area contributed by atoms with Crippen LogP contribution in [0.1, 0.15) is 25.0 Å². The normalized spacial score (nSPS) is 12.9. The third kappa shape index (κ3) is 5.18. The van der Waals surface area contributed by atoms with Gasteiger partial charge in [-0.25, -0.2) is 0 Å². The van der Waals surface area contributed by atoms with Crippen LogP contribution in [0.4, 0.5) is 17.1 Å². The Hall–Kier alpha value is -6.64. The van der Waals surface area contributed by atoms with Crippen LogP contribution < -0.4 is 4.90 Å². The van der Waals surface area contributed by atoms with Crippen LogP contribution in [-0.2, 0) is 5.41 Å². The largest absolute Gasteiger partial charge is 0.456 e. The van der Waals surface area contributed by atoms with Gasteiger partial charge in [0.1, 0.15) is 11.2 Å². The maximum atomic E-state index is 6.22. The zero-order chi connectivity index (χ0) is 35.5. The number of hydrogen-bond donors (Lipinski definition) is 0. The maximum absolute atomic E-state index is 6.22. The lowest BCUT2D eigenvalue weighted by molar-refractivity contribution is 0.660. The standard InChI is InChI=1S/C51H37NO/c1-51(2)46-19-8-6-16-43(46)44-31-26-38(33-47(44)51)35-22-27-39(28-23-35)52(41-15-10-14-37(32-41)34-12-4-3-5-13-34)40-29-24-36(25-30-40)42-18-11-21-49-50(42)45-17-7-9-20-48(45)53-49/h3-33H,1-2H3. The molecule has 0 amide bonds. The lowest BCUT2D eigenvalue weighted by atomic mass is 9.81. The highest BCUT2D eigenvalue weighted by atomic mass is 16.3. The van der Waals surface area contributed by atoms with E-state index < -0.39 is 0 Å². The number of rotatable bonds is 6. The van der Waals surface area contributed by atoms with E-state index in [1.807, 2.05) is 12.1 Å². The fraction of sp³-hybridized carbons (Fsp3) is 0.0588. The second-order valence-corrected chi connectivity index (χ2v) is 14.6. The molecule has 9 aromatic rings. The Morgan fingerprint density at radius 1 is 0.377 bits per heavy atom. The molecule has 252 valence electrons. The summed E-state index contributed by atoms with van der Waals surface area (Å²) in [5, 5.41) is 2.29. The third-order valence-electron chi connectivity index (χ3n) is 11.1. The molecule has 0 saturated carbocycles. The van der Waals surface area contributed by atoms with Crippen LogP contribution >= 0.6 is 0 Å². The minimum atomic E-state index is -0.0369. The molecule has 10 rings (SSSR count). The van der Waals surface area contributed by atoms with Gasteiger partial charge in [0.2, 0.25) is 0 Å². The molecule has 0 fully saturated rings. The van der Waals surface area contributed by atoms with E-state index in [1.54, 1.807) is 0 Å². The summed E-state index contributed by atoms with van der Waals surface area (Å²) in [6, 6.07) is 67.8. The second kappa shape index (κ2) is 12.3. The fourth-order valence-electron chi connectivity index (χ4n) is 8.39. The first kappa shape index (κ1) is 31.1. The van der Waals surface area contributed by atoms with Gasteiger partial charge in [0.15, 0.2) is 0 Å². The molecule has 2 nitrogen and oxygen atoms in total. The lowest BCUT2D eigenvalue weighted by Gasteiger charge is -2.26. The summed E-state index contributed by atoms with van der Waals surface area (Å²) in [4.78, 5) is 2.36. The summed E-state index contributed by atoms with van der Waals surface area (Å²) in [5.41, 5.74) is 17.7. The number of furan rings is 1. The highest BCUT2D eigenvalue weighted by molar-refractivity contribution is 6.12. The average Bonchev–Trinajstić information content (AvgIpc) is 3.71. The Kier molecular flexibility index (Phi) is 7.19. The molecule has 1 aliphatic carbocycles. The third-order valence-corrected chi connectivity index (χ3v) is 11.1. The van der Waals surface area contributed by atoms with Crippen molar-refractivity contribution >= 4 is 39.0 Å². The van der Waals surface area contributed by atoms with Crippen molar-refractivity contribution in [3.05, 3.63) is 199 Å². The first-order valence-corrected chi connectivity index (χ1v) is 18.3. The summed E-state index contributed by atoms with van der Waals surface area (Å²) in [7, 11) is 0. The number of nitrogens with zero attached hydrogens (tertiary/aromatic N) is 1. The van der Waals surface area contributed by atoms with E-state index in [9.17, 15) is 0 Å². The second-order valence-electron chi connectivity index (χ2n) is 14.6. The predicted octanol–water partition coefficient (Wildman–Crippen LogP) is 14.4. The molecule has 2 heteroatoms. The van der Waals surface area contributed by atoms with Crippen LogP contribution in [0, 0.1) is 0 Å². The highest BCUT2D eigenvalue weighted by Gasteiger charge is 2.35. The molecule has 0 unspecified atom stereocenters. The number of para-hydroxylation sites is 1. The molecule has 0 atom stereocenters. The van der Waals surface area contributed by atoms with Gasteiger partial charge < -0.3 is 9.32 Å². The minimum absolute atomic E-state index is 0.0369. The van der Waals surface area contributed by atoms with Gasteiger partial charge in [-0.15, -0.1) is 0 Å². The Morgan fingerprint density at radius 3 is 1.75 bits per heavy atom. The Morgan fingerprint density at radius 2 is 0.943 bits per heavy atom. The molecule has 8 aromatic carbocycles. The molecule has 0 saturated heterocycles. The Bertz CT molecular complexity index is 2790. The van der Waals surface area contributed by atoms with E-state index in [0.29, 0.717) is 0 Å². The van der Waals surface area contributed by atoms with Gasteiger partial charge in [0, 0.05) is 33.2 Å². The van der Waals surface area contributed by atoms with Crippen molar-refractivity contribution in [1.29, 1.82) is 0 Å². The molecular weight excluding hydrogens is 643 g/mol. The molecular formula is C51H37NO. The molecule has 1 heterocycles. The van der Waals surface area contributed by atoms with Crippen LogP contribution in [-0.4, -0.2) is 0 Å². The quantitative estimate of drug-likeness (QED) is 0.174. The van der Waals surface area contributed by atoms with Crippen molar-refractivity contribution in [3.8, 4) is 44.5 Å². The van der Waals surface area contributed by atoms with Crippen LogP contribution in [0.5, 0.6) is 0 Å². The van der Waals surface area contributed by atoms with Gasteiger partial charge in [0.05, 0.1) is 0 Å². The number of anilines is 3. The molecule has 53 heavy (non-hydrogen) atoms. The number of hydrogen-bond acceptors (Lipinski definition) is 2. The van der Waals surface area contributed by atoms with Crippen molar-refractivity contribution < 1.29 is 4.42 Å². The van der Waals surface area contributed by atoms with Gasteiger partial charge in [-0.3, -0.25) is 0 Å². The summed E-state index contributed by atoms with van der Waals surface area (Å²) in [6.45, 7) is 4.68. The smallest absolute Gasteiger partial charge is 0.136 e. The van der Waals surface area contributed by atoms with E-state index in [0.717, 1.165) is 44.6 Å². The van der Waals surface area contributed by atoms with Gasteiger partial charge in [-0.1, -0.05) is 147 Å². The van der Waals surface area contributed by atoms with Crippen LogP contribution in [0.2, 0.25) is 0 Å². The van der Waals surface area contributed by atoms with Crippen molar-refractivity contribution in [2.45, 2.75) is 19.3 Å². The average molecular weight is 680 g/mol. The molecule has 0 bridgehead atoms. The van der Waals surface area contributed by atoms with Crippen LogP contribution in [0.25, 0.3) is 66.4 Å². The monoisotopic (exact) mass is 679 g/mol. The zero-order valence-corrected chi connectivity index (χ0v) is 29.8. The SMILES string of the molecule is CC1(C)c2ccccc2-c2ccc(-c3ccc(N(c4ccc(-c5cccc6oc7ccccc7c56)cc4)c4cccc(-c5ccccc5)c4)cc3)cc21. The van der Waals surface area contributed by atoms with Crippen molar-refractivity contribution in [1.82, 2.24) is 0 Å².